The molecule has 1 rings (SSSR count). The lowest BCUT2D eigenvalue weighted by molar-refractivity contribution is 0.0168. The lowest BCUT2D eigenvalue weighted by Gasteiger charge is -2.37. The van der Waals surface area contributed by atoms with Crippen LogP contribution in [0.15, 0.2) is 0 Å². The van der Waals surface area contributed by atoms with Crippen molar-refractivity contribution >= 4 is 12.3 Å². The molecule has 1 aliphatic rings. The fourth-order valence-electron chi connectivity index (χ4n) is 1.67. The first-order chi connectivity index (χ1) is 7.26. The van der Waals surface area contributed by atoms with Gasteiger partial charge < -0.3 is 15.0 Å². The molecule has 0 aliphatic carbocycles. The third-order valence-corrected chi connectivity index (χ3v) is 2.91. The molecule has 1 heterocycles. The predicted molar refractivity (Wildman–Crippen MR) is 63.9 cm³/mol. The lowest BCUT2D eigenvalue weighted by atomic mass is 9.82. The number of amides is 1. The third kappa shape index (κ3) is 3.51. The molecule has 0 spiro atoms. The van der Waals surface area contributed by atoms with E-state index in [1.54, 1.807) is 4.90 Å². The number of carbonyl (C=O) groups excluding carboxylic acids is 1. The van der Waals surface area contributed by atoms with Gasteiger partial charge in [-0.3, -0.25) is 0 Å². The highest BCUT2D eigenvalue weighted by molar-refractivity contribution is 5.69. The molecule has 0 bridgehead atoms. The molecule has 0 unspecified atom stereocenters. The number of nitrogens with one attached hydrogen (secondary N) is 1. The SMILES string of the molecule is CC1(C=N)CCN(C(=O)OC(C)(C)C)CC1. The second-order valence-corrected chi connectivity index (χ2v) is 5.77. The van der Waals surface area contributed by atoms with E-state index in [1.165, 1.54) is 6.21 Å². The maximum absolute atomic E-state index is 11.8. The smallest absolute Gasteiger partial charge is 0.410 e. The largest absolute Gasteiger partial charge is 0.444 e. The van der Waals surface area contributed by atoms with Crippen LogP contribution in [0.2, 0.25) is 0 Å². The maximum atomic E-state index is 11.8. The zero-order valence-electron chi connectivity index (χ0n) is 10.7. The van der Waals surface area contributed by atoms with Crippen LogP contribution in [0.1, 0.15) is 40.5 Å². The number of hydrogen-bond donors (Lipinski definition) is 1. The van der Waals surface area contributed by atoms with Crippen molar-refractivity contribution in [3.63, 3.8) is 0 Å². The van der Waals surface area contributed by atoms with Gasteiger partial charge in [0.1, 0.15) is 5.60 Å². The zero-order chi connectivity index (χ0) is 12.4. The Hall–Kier alpha value is -1.06. The standard InChI is InChI=1S/C12H22N2O2/c1-11(2,3)16-10(15)14-7-5-12(4,9-13)6-8-14/h9,13H,5-8H2,1-4H3. The maximum Gasteiger partial charge on any atom is 0.410 e. The molecule has 0 radical (unpaired) electrons. The number of likely N-dealkylation sites (tertiary alicyclic amines) is 1. The molecule has 0 aromatic heterocycles. The van der Waals surface area contributed by atoms with Gasteiger partial charge in [0.25, 0.3) is 0 Å². The van der Waals surface area contributed by atoms with Crippen LogP contribution in [0.3, 0.4) is 0 Å². The minimum atomic E-state index is -0.431. The molecule has 0 aromatic rings. The van der Waals surface area contributed by atoms with Crippen LogP contribution in [0.5, 0.6) is 0 Å². The summed E-state index contributed by atoms with van der Waals surface area (Å²) in [7, 11) is 0. The van der Waals surface area contributed by atoms with Crippen LogP contribution < -0.4 is 0 Å². The second-order valence-electron chi connectivity index (χ2n) is 5.77. The summed E-state index contributed by atoms with van der Waals surface area (Å²) in [6.45, 7) is 9.04. The van der Waals surface area contributed by atoms with Crippen LogP contribution >= 0.6 is 0 Å². The summed E-state index contributed by atoms with van der Waals surface area (Å²) >= 11 is 0. The third-order valence-electron chi connectivity index (χ3n) is 2.91. The van der Waals surface area contributed by atoms with Gasteiger partial charge in [0.05, 0.1) is 0 Å². The number of rotatable bonds is 1. The number of piperidine rings is 1. The topological polar surface area (TPSA) is 53.4 Å². The molecular weight excluding hydrogens is 204 g/mol. The molecule has 0 atom stereocenters. The fourth-order valence-corrected chi connectivity index (χ4v) is 1.67. The Kier molecular flexibility index (Phi) is 3.61. The Bertz CT molecular complexity index is 273. The molecule has 1 N–H and O–H groups in total. The van der Waals surface area contributed by atoms with Gasteiger partial charge in [-0.05, 0) is 33.6 Å². The van der Waals surface area contributed by atoms with Gasteiger partial charge in [-0.1, -0.05) is 6.92 Å². The molecular formula is C12H22N2O2. The zero-order valence-corrected chi connectivity index (χ0v) is 10.7. The Morgan fingerprint density at radius 2 is 1.88 bits per heavy atom. The lowest BCUT2D eigenvalue weighted by Crippen LogP contribution is -2.44. The fraction of sp³-hybridized carbons (Fsp3) is 0.833. The van der Waals surface area contributed by atoms with Crippen molar-refractivity contribution in [2.24, 2.45) is 5.41 Å². The predicted octanol–water partition coefficient (Wildman–Crippen LogP) is 2.67. The molecule has 16 heavy (non-hydrogen) atoms. The van der Waals surface area contributed by atoms with Gasteiger partial charge in [0, 0.05) is 24.7 Å². The number of ether oxygens (including phenoxy) is 1. The Morgan fingerprint density at radius 3 is 2.25 bits per heavy atom. The quantitative estimate of drug-likeness (QED) is 0.699. The van der Waals surface area contributed by atoms with E-state index in [2.05, 4.69) is 6.92 Å². The normalized spacial score (nSPS) is 20.4. The van der Waals surface area contributed by atoms with E-state index in [9.17, 15) is 4.79 Å². The highest BCUT2D eigenvalue weighted by Crippen LogP contribution is 2.29. The average molecular weight is 226 g/mol. The summed E-state index contributed by atoms with van der Waals surface area (Å²) in [6, 6.07) is 0. The molecule has 1 fully saturated rings. The highest BCUT2D eigenvalue weighted by Gasteiger charge is 2.32. The Labute approximate surface area is 97.5 Å². The average Bonchev–Trinajstić information content (AvgIpc) is 2.16. The molecule has 1 amide bonds. The minimum absolute atomic E-state index is 0.0431. The Morgan fingerprint density at radius 1 is 1.38 bits per heavy atom. The van der Waals surface area contributed by atoms with Gasteiger partial charge in [-0.25, -0.2) is 4.79 Å². The summed E-state index contributed by atoms with van der Waals surface area (Å²) in [5.74, 6) is 0. The van der Waals surface area contributed by atoms with Crippen LogP contribution in [-0.4, -0.2) is 35.9 Å². The van der Waals surface area contributed by atoms with Gasteiger partial charge in [-0.2, -0.15) is 0 Å². The van der Waals surface area contributed by atoms with E-state index < -0.39 is 5.60 Å². The summed E-state index contributed by atoms with van der Waals surface area (Å²) in [5, 5.41) is 7.35. The van der Waals surface area contributed by atoms with Gasteiger partial charge in [0.15, 0.2) is 0 Å². The van der Waals surface area contributed by atoms with Crippen molar-refractivity contribution in [2.45, 2.75) is 46.1 Å². The summed E-state index contributed by atoms with van der Waals surface area (Å²) in [4.78, 5) is 13.5. The van der Waals surface area contributed by atoms with Crippen LogP contribution in [0.25, 0.3) is 0 Å². The van der Waals surface area contributed by atoms with Crippen molar-refractivity contribution in [1.82, 2.24) is 4.90 Å². The molecule has 0 saturated carbocycles. The van der Waals surface area contributed by atoms with Crippen molar-refractivity contribution in [3.05, 3.63) is 0 Å². The first kappa shape index (κ1) is 13.0. The van der Waals surface area contributed by atoms with Gasteiger partial charge in [0.2, 0.25) is 0 Å². The van der Waals surface area contributed by atoms with E-state index in [1.807, 2.05) is 20.8 Å². The first-order valence-electron chi connectivity index (χ1n) is 5.75. The van der Waals surface area contributed by atoms with Crippen molar-refractivity contribution in [2.75, 3.05) is 13.1 Å². The van der Waals surface area contributed by atoms with E-state index in [-0.39, 0.29) is 11.5 Å². The van der Waals surface area contributed by atoms with E-state index in [4.69, 9.17) is 10.1 Å². The molecule has 0 aromatic carbocycles. The number of nitrogens with zero attached hydrogens (tertiary/aromatic N) is 1. The Balaban J connectivity index is 2.48. The molecule has 92 valence electrons. The molecule has 4 nitrogen and oxygen atoms in total. The molecule has 4 heteroatoms. The summed E-state index contributed by atoms with van der Waals surface area (Å²) in [5.41, 5.74) is -0.474. The molecule has 1 saturated heterocycles. The summed E-state index contributed by atoms with van der Waals surface area (Å²) in [6.07, 6.45) is 2.95. The number of carbonyl (C=O) groups is 1. The van der Waals surface area contributed by atoms with E-state index in [0.717, 1.165) is 12.8 Å². The van der Waals surface area contributed by atoms with Gasteiger partial charge in [-0.15, -0.1) is 0 Å². The number of hydrogen-bond acceptors (Lipinski definition) is 3. The van der Waals surface area contributed by atoms with Crippen molar-refractivity contribution < 1.29 is 9.53 Å². The van der Waals surface area contributed by atoms with Crippen LogP contribution in [0, 0.1) is 10.8 Å². The monoisotopic (exact) mass is 226 g/mol. The minimum Gasteiger partial charge on any atom is -0.444 e. The van der Waals surface area contributed by atoms with Crippen LogP contribution in [-0.2, 0) is 4.74 Å². The van der Waals surface area contributed by atoms with Crippen molar-refractivity contribution in [3.8, 4) is 0 Å². The summed E-state index contributed by atoms with van der Waals surface area (Å²) < 4.78 is 5.31. The second kappa shape index (κ2) is 4.44. The highest BCUT2D eigenvalue weighted by atomic mass is 16.6. The van der Waals surface area contributed by atoms with E-state index >= 15 is 0 Å². The van der Waals surface area contributed by atoms with E-state index in [0.29, 0.717) is 13.1 Å². The van der Waals surface area contributed by atoms with Crippen molar-refractivity contribution in [1.29, 1.82) is 5.41 Å². The van der Waals surface area contributed by atoms with Crippen LogP contribution in [0.4, 0.5) is 4.79 Å². The first-order valence-corrected chi connectivity index (χ1v) is 5.75. The van der Waals surface area contributed by atoms with Gasteiger partial charge >= 0.3 is 6.09 Å². The molecule has 1 aliphatic heterocycles.